The number of rotatable bonds is 5. The zero-order valence-corrected chi connectivity index (χ0v) is 14.6. The SMILES string of the molecule is Cc1ccc(Nc2nnc(Sc3ccc([N+](=O)[O-])cc3C#N)s2)cc1. The molecule has 7 nitrogen and oxygen atoms in total. The Morgan fingerprint density at radius 2 is 2.00 bits per heavy atom. The molecule has 25 heavy (non-hydrogen) atoms. The number of nitro groups is 1. The Hall–Kier alpha value is -2.96. The van der Waals surface area contributed by atoms with E-state index in [1.807, 2.05) is 37.3 Å². The first-order valence-corrected chi connectivity index (χ1v) is 8.72. The van der Waals surface area contributed by atoms with Crippen LogP contribution in [0.4, 0.5) is 16.5 Å². The molecule has 0 spiro atoms. The number of nitrogens with zero attached hydrogens (tertiary/aromatic N) is 4. The van der Waals surface area contributed by atoms with Gasteiger partial charge in [-0.05, 0) is 25.1 Å². The Morgan fingerprint density at radius 3 is 2.68 bits per heavy atom. The second-order valence-corrected chi connectivity index (χ2v) is 7.28. The number of benzene rings is 2. The van der Waals surface area contributed by atoms with E-state index in [0.717, 1.165) is 5.69 Å². The minimum absolute atomic E-state index is 0.111. The quantitative estimate of drug-likeness (QED) is 0.520. The lowest BCUT2D eigenvalue weighted by atomic mass is 10.2. The summed E-state index contributed by atoms with van der Waals surface area (Å²) in [6.07, 6.45) is 0. The molecular weight excluding hydrogens is 358 g/mol. The Bertz CT molecular complexity index is 963. The standard InChI is InChI=1S/C16H11N5O2S2/c1-10-2-4-12(5-3-10)18-15-19-20-16(25-15)24-14-7-6-13(21(22)23)8-11(14)9-17/h2-8H,1H3,(H,18,19). The van der Waals surface area contributed by atoms with Crippen molar-refractivity contribution in [2.24, 2.45) is 0 Å². The zero-order valence-electron chi connectivity index (χ0n) is 13.0. The molecule has 9 heteroatoms. The first kappa shape index (κ1) is 16.9. The fraction of sp³-hybridized carbons (Fsp3) is 0.0625. The third-order valence-corrected chi connectivity index (χ3v) is 5.17. The van der Waals surface area contributed by atoms with Crippen LogP contribution in [-0.2, 0) is 0 Å². The average molecular weight is 369 g/mol. The maximum Gasteiger partial charge on any atom is 0.270 e. The normalized spacial score (nSPS) is 10.2. The molecular formula is C16H11N5O2S2. The van der Waals surface area contributed by atoms with E-state index in [2.05, 4.69) is 15.5 Å². The smallest absolute Gasteiger partial charge is 0.270 e. The van der Waals surface area contributed by atoms with E-state index in [4.69, 9.17) is 0 Å². The molecule has 0 radical (unpaired) electrons. The van der Waals surface area contributed by atoms with Crippen LogP contribution in [0, 0.1) is 28.4 Å². The lowest BCUT2D eigenvalue weighted by molar-refractivity contribution is -0.384. The first-order chi connectivity index (χ1) is 12.0. The van der Waals surface area contributed by atoms with Crippen molar-refractivity contribution in [2.45, 2.75) is 16.2 Å². The van der Waals surface area contributed by atoms with Crippen molar-refractivity contribution in [1.82, 2.24) is 10.2 Å². The van der Waals surface area contributed by atoms with Gasteiger partial charge in [-0.25, -0.2) is 0 Å². The number of hydrogen-bond acceptors (Lipinski definition) is 8. The van der Waals surface area contributed by atoms with Crippen LogP contribution in [-0.4, -0.2) is 15.1 Å². The second kappa shape index (κ2) is 7.29. The molecule has 0 bridgehead atoms. The van der Waals surface area contributed by atoms with E-state index >= 15 is 0 Å². The van der Waals surface area contributed by atoms with Crippen molar-refractivity contribution >= 4 is 39.6 Å². The summed E-state index contributed by atoms with van der Waals surface area (Å²) < 4.78 is 0.639. The Labute approximate surface area is 151 Å². The largest absolute Gasteiger partial charge is 0.330 e. The number of nitro benzene ring substituents is 1. The van der Waals surface area contributed by atoms with Gasteiger partial charge in [0.1, 0.15) is 6.07 Å². The third-order valence-electron chi connectivity index (χ3n) is 3.20. The predicted octanol–water partition coefficient (Wildman–Crippen LogP) is 4.52. The molecule has 0 unspecified atom stereocenters. The van der Waals surface area contributed by atoms with Crippen LogP contribution < -0.4 is 5.32 Å². The van der Waals surface area contributed by atoms with E-state index in [1.165, 1.54) is 40.8 Å². The Kier molecular flexibility index (Phi) is 4.92. The van der Waals surface area contributed by atoms with Crippen molar-refractivity contribution in [2.75, 3.05) is 5.32 Å². The van der Waals surface area contributed by atoms with Crippen LogP contribution in [0.1, 0.15) is 11.1 Å². The predicted molar refractivity (Wildman–Crippen MR) is 96.3 cm³/mol. The van der Waals surface area contributed by atoms with Crippen molar-refractivity contribution in [1.29, 1.82) is 5.26 Å². The summed E-state index contributed by atoms with van der Waals surface area (Å²) in [4.78, 5) is 10.9. The van der Waals surface area contributed by atoms with E-state index in [1.54, 1.807) is 6.07 Å². The molecule has 0 aliphatic rings. The number of aromatic nitrogens is 2. The van der Waals surface area contributed by atoms with Crippen LogP contribution in [0.3, 0.4) is 0 Å². The monoisotopic (exact) mass is 369 g/mol. The van der Waals surface area contributed by atoms with Crippen LogP contribution in [0.5, 0.6) is 0 Å². The first-order valence-electron chi connectivity index (χ1n) is 7.09. The third kappa shape index (κ3) is 4.12. The summed E-state index contributed by atoms with van der Waals surface area (Å²) in [5, 5.41) is 32.0. The van der Waals surface area contributed by atoms with Gasteiger partial charge >= 0.3 is 0 Å². The van der Waals surface area contributed by atoms with E-state index < -0.39 is 4.92 Å². The number of nitrogens with one attached hydrogen (secondary N) is 1. The summed E-state index contributed by atoms with van der Waals surface area (Å²) in [5.41, 5.74) is 2.20. The van der Waals surface area contributed by atoms with Gasteiger partial charge in [0, 0.05) is 22.7 Å². The van der Waals surface area contributed by atoms with Gasteiger partial charge in [0.05, 0.1) is 10.5 Å². The van der Waals surface area contributed by atoms with Gasteiger partial charge < -0.3 is 5.32 Å². The zero-order chi connectivity index (χ0) is 17.8. The maximum atomic E-state index is 10.8. The van der Waals surface area contributed by atoms with E-state index in [9.17, 15) is 15.4 Å². The summed E-state index contributed by atoms with van der Waals surface area (Å²) >= 11 is 2.60. The van der Waals surface area contributed by atoms with Gasteiger partial charge in [-0.15, -0.1) is 10.2 Å². The summed E-state index contributed by atoms with van der Waals surface area (Å²) in [7, 11) is 0. The molecule has 3 aromatic rings. The molecule has 3 rings (SSSR count). The van der Waals surface area contributed by atoms with Crippen molar-refractivity contribution < 1.29 is 4.92 Å². The highest BCUT2D eigenvalue weighted by Crippen LogP contribution is 2.35. The number of non-ortho nitro benzene ring substituents is 1. The van der Waals surface area contributed by atoms with Gasteiger partial charge in [0.25, 0.3) is 5.69 Å². The van der Waals surface area contributed by atoms with Crippen molar-refractivity contribution in [3.63, 3.8) is 0 Å². The molecule has 0 saturated heterocycles. The molecule has 1 N–H and O–H groups in total. The highest BCUT2D eigenvalue weighted by Gasteiger charge is 2.14. The van der Waals surface area contributed by atoms with Crippen LogP contribution >= 0.6 is 23.1 Å². The second-order valence-electron chi connectivity index (χ2n) is 5.02. The number of nitriles is 1. The maximum absolute atomic E-state index is 10.8. The van der Waals surface area contributed by atoms with Crippen LogP contribution in [0.25, 0.3) is 0 Å². The minimum atomic E-state index is -0.524. The number of aryl methyl sites for hydroxylation is 1. The molecule has 0 aliphatic heterocycles. The average Bonchev–Trinajstić information content (AvgIpc) is 3.04. The topological polar surface area (TPSA) is 105 Å². The minimum Gasteiger partial charge on any atom is -0.330 e. The lowest BCUT2D eigenvalue weighted by Gasteiger charge is -2.01. The Morgan fingerprint density at radius 1 is 1.24 bits per heavy atom. The molecule has 0 atom stereocenters. The number of anilines is 2. The van der Waals surface area contributed by atoms with Crippen molar-refractivity contribution in [3.8, 4) is 6.07 Å². The Balaban J connectivity index is 1.76. The fourth-order valence-corrected chi connectivity index (χ4v) is 3.75. The molecule has 0 aliphatic carbocycles. The summed E-state index contributed by atoms with van der Waals surface area (Å²) in [6, 6.07) is 14.1. The van der Waals surface area contributed by atoms with Crippen LogP contribution in [0.2, 0.25) is 0 Å². The number of hydrogen-bond donors (Lipinski definition) is 1. The molecule has 0 amide bonds. The van der Waals surface area contributed by atoms with Gasteiger partial charge in [-0.3, -0.25) is 10.1 Å². The fourth-order valence-electron chi connectivity index (χ4n) is 1.96. The van der Waals surface area contributed by atoms with Gasteiger partial charge in [-0.1, -0.05) is 40.8 Å². The molecule has 0 saturated carbocycles. The highest BCUT2D eigenvalue weighted by molar-refractivity contribution is 8.01. The van der Waals surface area contributed by atoms with Crippen LogP contribution in [0.15, 0.2) is 51.7 Å². The van der Waals surface area contributed by atoms with Gasteiger partial charge in [0.2, 0.25) is 5.13 Å². The lowest BCUT2D eigenvalue weighted by Crippen LogP contribution is -1.90. The van der Waals surface area contributed by atoms with Gasteiger partial charge in [-0.2, -0.15) is 5.26 Å². The molecule has 1 aromatic heterocycles. The van der Waals surface area contributed by atoms with E-state index in [-0.39, 0.29) is 11.3 Å². The molecule has 0 fully saturated rings. The molecule has 124 valence electrons. The van der Waals surface area contributed by atoms with E-state index in [0.29, 0.717) is 14.4 Å². The molecule has 2 aromatic carbocycles. The van der Waals surface area contributed by atoms with Crippen molar-refractivity contribution in [3.05, 3.63) is 63.7 Å². The summed E-state index contributed by atoms with van der Waals surface area (Å²) in [6.45, 7) is 2.01. The molecule has 1 heterocycles. The highest BCUT2D eigenvalue weighted by atomic mass is 32.2. The summed E-state index contributed by atoms with van der Waals surface area (Å²) in [5.74, 6) is 0. The van der Waals surface area contributed by atoms with Gasteiger partial charge in [0.15, 0.2) is 4.34 Å².